The lowest BCUT2D eigenvalue weighted by Gasteiger charge is -2.10. The SMILES string of the molecule is C#CCNC(=O)c1ccccc1NC(=O)c1ccoc1C. The van der Waals surface area contributed by atoms with Crippen LogP contribution < -0.4 is 10.6 Å². The summed E-state index contributed by atoms with van der Waals surface area (Å²) in [7, 11) is 0. The third-order valence-electron chi connectivity index (χ3n) is 2.87. The maximum Gasteiger partial charge on any atom is 0.259 e. The van der Waals surface area contributed by atoms with Crippen molar-refractivity contribution >= 4 is 17.5 Å². The number of terminal acetylenes is 1. The molecule has 0 atom stereocenters. The summed E-state index contributed by atoms with van der Waals surface area (Å²) in [5.41, 5.74) is 1.19. The molecular formula is C16H14N2O3. The number of carbonyl (C=O) groups is 2. The largest absolute Gasteiger partial charge is 0.469 e. The van der Waals surface area contributed by atoms with Crippen LogP contribution in [0, 0.1) is 19.3 Å². The predicted octanol–water partition coefficient (Wildman–Crippen LogP) is 2.20. The molecule has 2 amide bonds. The number of furan rings is 1. The minimum atomic E-state index is -0.340. The van der Waals surface area contributed by atoms with Crippen LogP contribution in [0.3, 0.4) is 0 Å². The van der Waals surface area contributed by atoms with Gasteiger partial charge in [0.05, 0.1) is 29.6 Å². The topological polar surface area (TPSA) is 71.3 Å². The van der Waals surface area contributed by atoms with Crippen molar-refractivity contribution in [2.24, 2.45) is 0 Å². The molecule has 0 bridgehead atoms. The van der Waals surface area contributed by atoms with Gasteiger partial charge in [0.1, 0.15) is 5.76 Å². The van der Waals surface area contributed by atoms with Gasteiger partial charge >= 0.3 is 0 Å². The number of hydrogen-bond donors (Lipinski definition) is 2. The van der Waals surface area contributed by atoms with Crippen LogP contribution in [0.4, 0.5) is 5.69 Å². The van der Waals surface area contributed by atoms with Gasteiger partial charge in [0.2, 0.25) is 0 Å². The van der Waals surface area contributed by atoms with Crippen molar-refractivity contribution in [1.29, 1.82) is 0 Å². The first-order chi connectivity index (χ1) is 10.1. The van der Waals surface area contributed by atoms with Crippen molar-refractivity contribution in [3.8, 4) is 12.3 Å². The molecule has 2 N–H and O–H groups in total. The molecule has 106 valence electrons. The zero-order valence-electron chi connectivity index (χ0n) is 11.5. The smallest absolute Gasteiger partial charge is 0.259 e. The van der Waals surface area contributed by atoms with Crippen molar-refractivity contribution in [2.45, 2.75) is 6.92 Å². The normalized spacial score (nSPS) is 9.71. The number of amides is 2. The molecule has 1 heterocycles. The average molecular weight is 282 g/mol. The zero-order chi connectivity index (χ0) is 15.2. The molecule has 1 aromatic carbocycles. The highest BCUT2D eigenvalue weighted by Gasteiger charge is 2.15. The summed E-state index contributed by atoms with van der Waals surface area (Å²) in [5.74, 6) is 2.17. The Kier molecular flexibility index (Phi) is 4.42. The van der Waals surface area contributed by atoms with Crippen molar-refractivity contribution in [2.75, 3.05) is 11.9 Å². The van der Waals surface area contributed by atoms with Crippen LogP contribution in [-0.2, 0) is 0 Å². The lowest BCUT2D eigenvalue weighted by atomic mass is 10.1. The Bertz CT molecular complexity index is 710. The molecule has 0 spiro atoms. The molecule has 2 aromatic rings. The molecule has 0 aliphatic heterocycles. The van der Waals surface area contributed by atoms with Crippen LogP contribution in [0.2, 0.25) is 0 Å². The number of para-hydroxylation sites is 1. The van der Waals surface area contributed by atoms with E-state index in [1.807, 2.05) is 0 Å². The Morgan fingerprint density at radius 3 is 2.62 bits per heavy atom. The Morgan fingerprint density at radius 1 is 1.19 bits per heavy atom. The van der Waals surface area contributed by atoms with Gasteiger partial charge in [0.25, 0.3) is 11.8 Å². The summed E-state index contributed by atoms with van der Waals surface area (Å²) in [6.45, 7) is 1.82. The van der Waals surface area contributed by atoms with Gasteiger partial charge < -0.3 is 15.1 Å². The fourth-order valence-corrected chi connectivity index (χ4v) is 1.83. The summed E-state index contributed by atoms with van der Waals surface area (Å²) in [6, 6.07) is 8.28. The number of aryl methyl sites for hydroxylation is 1. The number of rotatable bonds is 4. The Balaban J connectivity index is 2.21. The molecule has 1 aromatic heterocycles. The number of nitrogens with one attached hydrogen (secondary N) is 2. The second-order valence-corrected chi connectivity index (χ2v) is 4.28. The van der Waals surface area contributed by atoms with Crippen LogP contribution in [0.1, 0.15) is 26.5 Å². The summed E-state index contributed by atoms with van der Waals surface area (Å²) in [5, 5.41) is 5.26. The van der Waals surface area contributed by atoms with Gasteiger partial charge in [-0.25, -0.2) is 0 Å². The standard InChI is InChI=1S/C16H14N2O3/c1-3-9-17-15(19)13-6-4-5-7-14(13)18-16(20)12-8-10-21-11(12)2/h1,4-8,10H,9H2,2H3,(H,17,19)(H,18,20). The zero-order valence-corrected chi connectivity index (χ0v) is 11.5. The Hall–Kier alpha value is -3.00. The van der Waals surface area contributed by atoms with E-state index in [0.717, 1.165) is 0 Å². The first-order valence-electron chi connectivity index (χ1n) is 6.29. The minimum absolute atomic E-state index is 0.127. The van der Waals surface area contributed by atoms with Gasteiger partial charge in [-0.15, -0.1) is 6.42 Å². The quantitative estimate of drug-likeness (QED) is 0.844. The molecule has 0 unspecified atom stereocenters. The van der Waals surface area contributed by atoms with E-state index in [0.29, 0.717) is 22.6 Å². The lowest BCUT2D eigenvalue weighted by molar-refractivity contribution is 0.0959. The molecule has 0 saturated carbocycles. The van der Waals surface area contributed by atoms with Gasteiger partial charge in [-0.2, -0.15) is 0 Å². The molecule has 5 heteroatoms. The predicted molar refractivity (Wildman–Crippen MR) is 79.0 cm³/mol. The van der Waals surface area contributed by atoms with Gasteiger partial charge in [-0.1, -0.05) is 18.1 Å². The fourth-order valence-electron chi connectivity index (χ4n) is 1.83. The van der Waals surface area contributed by atoms with Gasteiger partial charge in [0, 0.05) is 0 Å². The van der Waals surface area contributed by atoms with E-state index in [2.05, 4.69) is 16.6 Å². The second-order valence-electron chi connectivity index (χ2n) is 4.28. The first kappa shape index (κ1) is 14.4. The summed E-state index contributed by atoms with van der Waals surface area (Å²) < 4.78 is 5.09. The number of anilines is 1. The van der Waals surface area contributed by atoms with Crippen molar-refractivity contribution in [3.05, 3.63) is 53.5 Å². The molecular weight excluding hydrogens is 268 g/mol. The van der Waals surface area contributed by atoms with Crippen molar-refractivity contribution < 1.29 is 14.0 Å². The number of carbonyl (C=O) groups excluding carboxylic acids is 2. The highest BCUT2D eigenvalue weighted by Crippen LogP contribution is 2.17. The molecule has 0 radical (unpaired) electrons. The fraction of sp³-hybridized carbons (Fsp3) is 0.125. The molecule has 0 fully saturated rings. The Morgan fingerprint density at radius 2 is 1.95 bits per heavy atom. The van der Waals surface area contributed by atoms with Crippen molar-refractivity contribution in [3.63, 3.8) is 0 Å². The summed E-state index contributed by atoms with van der Waals surface area (Å²) in [6.07, 6.45) is 6.55. The lowest BCUT2D eigenvalue weighted by Crippen LogP contribution is -2.25. The van der Waals surface area contributed by atoms with Gasteiger partial charge in [0.15, 0.2) is 0 Å². The molecule has 5 nitrogen and oxygen atoms in total. The second kappa shape index (κ2) is 6.44. The third kappa shape index (κ3) is 3.31. The van der Waals surface area contributed by atoms with E-state index in [1.54, 1.807) is 37.3 Å². The van der Waals surface area contributed by atoms with E-state index < -0.39 is 0 Å². The summed E-state index contributed by atoms with van der Waals surface area (Å²) in [4.78, 5) is 24.1. The molecule has 0 saturated heterocycles. The maximum absolute atomic E-state index is 12.1. The van der Waals surface area contributed by atoms with E-state index in [9.17, 15) is 9.59 Å². The maximum atomic E-state index is 12.1. The van der Waals surface area contributed by atoms with Crippen molar-refractivity contribution in [1.82, 2.24) is 5.32 Å². The van der Waals surface area contributed by atoms with E-state index in [1.165, 1.54) is 6.26 Å². The average Bonchev–Trinajstić information content (AvgIpc) is 2.91. The molecule has 0 aliphatic rings. The third-order valence-corrected chi connectivity index (χ3v) is 2.87. The van der Waals surface area contributed by atoms with Crippen LogP contribution in [0.5, 0.6) is 0 Å². The molecule has 2 rings (SSSR count). The first-order valence-corrected chi connectivity index (χ1v) is 6.29. The van der Waals surface area contributed by atoms with Crippen LogP contribution in [-0.4, -0.2) is 18.4 Å². The van der Waals surface area contributed by atoms with E-state index in [4.69, 9.17) is 10.8 Å². The number of benzene rings is 1. The van der Waals surface area contributed by atoms with E-state index >= 15 is 0 Å². The van der Waals surface area contributed by atoms with Crippen LogP contribution in [0.15, 0.2) is 41.0 Å². The highest BCUT2D eigenvalue weighted by molar-refractivity contribution is 6.09. The highest BCUT2D eigenvalue weighted by atomic mass is 16.3. The number of hydrogen-bond acceptors (Lipinski definition) is 3. The van der Waals surface area contributed by atoms with Crippen LogP contribution in [0.25, 0.3) is 0 Å². The van der Waals surface area contributed by atoms with Crippen LogP contribution >= 0.6 is 0 Å². The molecule has 21 heavy (non-hydrogen) atoms. The Labute approximate surface area is 122 Å². The monoisotopic (exact) mass is 282 g/mol. The van der Waals surface area contributed by atoms with Gasteiger partial charge in [-0.05, 0) is 25.1 Å². The summed E-state index contributed by atoms with van der Waals surface area (Å²) >= 11 is 0. The molecule has 0 aliphatic carbocycles. The minimum Gasteiger partial charge on any atom is -0.469 e. The van der Waals surface area contributed by atoms with Gasteiger partial charge in [-0.3, -0.25) is 9.59 Å². The van der Waals surface area contributed by atoms with E-state index in [-0.39, 0.29) is 18.4 Å².